The van der Waals surface area contributed by atoms with Crippen LogP contribution >= 0.6 is 0 Å². The average molecular weight is 248 g/mol. The Labute approximate surface area is 99.3 Å². The lowest BCUT2D eigenvalue weighted by Crippen LogP contribution is -2.57. The van der Waals surface area contributed by atoms with Crippen LogP contribution in [-0.4, -0.2) is 56.0 Å². The lowest BCUT2D eigenvalue weighted by atomic mass is 10.0. The molecular weight excluding hydrogens is 224 g/mol. The third-order valence-electron chi connectivity index (χ3n) is 3.06. The van der Waals surface area contributed by atoms with Gasteiger partial charge < -0.3 is 5.32 Å². The molecule has 1 rings (SSSR count). The van der Waals surface area contributed by atoms with Crippen LogP contribution in [0.5, 0.6) is 0 Å². The van der Waals surface area contributed by atoms with Gasteiger partial charge in [0.05, 0.1) is 11.0 Å². The molecule has 1 aliphatic rings. The second-order valence-electron chi connectivity index (χ2n) is 5.50. The Morgan fingerprint density at radius 3 is 2.50 bits per heavy atom. The molecule has 5 heteroatoms. The summed E-state index contributed by atoms with van der Waals surface area (Å²) in [6, 6.07) is 0. The van der Waals surface area contributed by atoms with Crippen molar-refractivity contribution in [2.45, 2.75) is 38.5 Å². The Bertz CT molecular complexity index is 323. The highest BCUT2D eigenvalue weighted by molar-refractivity contribution is 7.92. The zero-order valence-electron chi connectivity index (χ0n) is 10.8. The fourth-order valence-electron chi connectivity index (χ4n) is 1.93. The summed E-state index contributed by atoms with van der Waals surface area (Å²) < 4.78 is 23.4. The van der Waals surface area contributed by atoms with E-state index in [1.807, 2.05) is 0 Å². The Morgan fingerprint density at radius 1 is 1.38 bits per heavy atom. The molecule has 16 heavy (non-hydrogen) atoms. The van der Waals surface area contributed by atoms with E-state index >= 15 is 0 Å². The van der Waals surface area contributed by atoms with E-state index in [2.05, 4.69) is 24.1 Å². The molecule has 96 valence electrons. The van der Waals surface area contributed by atoms with Crippen molar-refractivity contribution in [3.05, 3.63) is 0 Å². The van der Waals surface area contributed by atoms with E-state index in [9.17, 15) is 8.42 Å². The zero-order chi connectivity index (χ0) is 12.4. The Balaban J connectivity index is 2.44. The molecule has 0 spiro atoms. The van der Waals surface area contributed by atoms with Crippen LogP contribution in [0, 0.1) is 0 Å². The summed E-state index contributed by atoms with van der Waals surface area (Å²) in [6.07, 6.45) is 0. The first kappa shape index (κ1) is 13.9. The van der Waals surface area contributed by atoms with Gasteiger partial charge in [-0.3, -0.25) is 4.90 Å². The molecule has 0 atom stereocenters. The van der Waals surface area contributed by atoms with Crippen LogP contribution in [0.25, 0.3) is 0 Å². The number of hydrogen-bond acceptors (Lipinski definition) is 4. The predicted octanol–water partition coefficient (Wildman–Crippen LogP) is 0.493. The van der Waals surface area contributed by atoms with Gasteiger partial charge in [-0.25, -0.2) is 8.42 Å². The van der Waals surface area contributed by atoms with Crippen molar-refractivity contribution in [2.75, 3.05) is 31.9 Å². The molecule has 4 nitrogen and oxygen atoms in total. The summed E-state index contributed by atoms with van der Waals surface area (Å²) in [5.74, 6) is 0.279. The van der Waals surface area contributed by atoms with E-state index in [4.69, 9.17) is 0 Å². The van der Waals surface area contributed by atoms with Gasteiger partial charge in [0.2, 0.25) is 0 Å². The second kappa shape index (κ2) is 5.02. The van der Waals surface area contributed by atoms with Crippen molar-refractivity contribution >= 4 is 9.84 Å². The summed E-state index contributed by atoms with van der Waals surface area (Å²) in [5.41, 5.74) is 0.0971. The molecule has 0 bridgehead atoms. The second-order valence-corrected chi connectivity index (χ2v) is 8.18. The molecular formula is C11H24N2O2S. The highest BCUT2D eigenvalue weighted by Crippen LogP contribution is 2.10. The number of nitrogens with zero attached hydrogens (tertiary/aromatic N) is 1. The van der Waals surface area contributed by atoms with Crippen LogP contribution in [0.4, 0.5) is 0 Å². The van der Waals surface area contributed by atoms with E-state index < -0.39 is 9.84 Å². The fraction of sp³-hybridized carbons (Fsp3) is 1.00. The van der Waals surface area contributed by atoms with E-state index in [0.717, 1.165) is 19.6 Å². The molecule has 1 fully saturated rings. The number of nitrogens with one attached hydrogen (secondary N) is 1. The van der Waals surface area contributed by atoms with Gasteiger partial charge in [0.15, 0.2) is 9.84 Å². The van der Waals surface area contributed by atoms with Crippen molar-refractivity contribution < 1.29 is 8.42 Å². The first-order valence-electron chi connectivity index (χ1n) is 5.92. The molecule has 0 aromatic rings. The smallest absolute Gasteiger partial charge is 0.153 e. The normalized spacial score (nSPS) is 22.6. The molecule has 0 radical (unpaired) electrons. The van der Waals surface area contributed by atoms with Crippen LogP contribution in [0.1, 0.15) is 27.7 Å². The third-order valence-corrected chi connectivity index (χ3v) is 5.25. The molecule has 0 aromatic heterocycles. The predicted molar refractivity (Wildman–Crippen MR) is 67.4 cm³/mol. The largest absolute Gasteiger partial charge is 0.309 e. The first-order valence-corrected chi connectivity index (χ1v) is 7.63. The molecule has 1 heterocycles. The van der Waals surface area contributed by atoms with Gasteiger partial charge in [0, 0.05) is 31.7 Å². The molecule has 1 N–H and O–H groups in total. The maximum absolute atomic E-state index is 11.7. The van der Waals surface area contributed by atoms with Crippen LogP contribution in [-0.2, 0) is 9.84 Å². The summed E-state index contributed by atoms with van der Waals surface area (Å²) in [5, 5.41) is 3.16. The van der Waals surface area contributed by atoms with E-state index in [1.54, 1.807) is 13.8 Å². The minimum Gasteiger partial charge on any atom is -0.309 e. The zero-order valence-corrected chi connectivity index (χ0v) is 11.6. The van der Waals surface area contributed by atoms with Gasteiger partial charge in [-0.2, -0.15) is 0 Å². The monoisotopic (exact) mass is 248 g/mol. The summed E-state index contributed by atoms with van der Waals surface area (Å²) >= 11 is 0. The maximum Gasteiger partial charge on any atom is 0.153 e. The quantitative estimate of drug-likeness (QED) is 0.787. The third kappa shape index (κ3) is 4.03. The summed E-state index contributed by atoms with van der Waals surface area (Å²) in [4.78, 5) is 2.23. The Kier molecular flexibility index (Phi) is 4.37. The molecule has 0 aliphatic carbocycles. The van der Waals surface area contributed by atoms with Gasteiger partial charge >= 0.3 is 0 Å². The Morgan fingerprint density at radius 2 is 2.00 bits per heavy atom. The van der Waals surface area contributed by atoms with Crippen molar-refractivity contribution in [2.24, 2.45) is 0 Å². The van der Waals surface area contributed by atoms with Crippen molar-refractivity contribution in [3.8, 4) is 0 Å². The Hall–Kier alpha value is -0.130. The van der Waals surface area contributed by atoms with E-state index in [1.165, 1.54) is 0 Å². The average Bonchev–Trinajstić information content (AvgIpc) is 2.13. The topological polar surface area (TPSA) is 49.4 Å². The van der Waals surface area contributed by atoms with Crippen LogP contribution in [0.2, 0.25) is 0 Å². The van der Waals surface area contributed by atoms with Gasteiger partial charge in [0.1, 0.15) is 0 Å². The lowest BCUT2D eigenvalue weighted by Gasteiger charge is -2.39. The van der Waals surface area contributed by atoms with Crippen molar-refractivity contribution in [1.82, 2.24) is 10.2 Å². The lowest BCUT2D eigenvalue weighted by molar-refractivity contribution is 0.162. The van der Waals surface area contributed by atoms with Crippen LogP contribution in [0.3, 0.4) is 0 Å². The van der Waals surface area contributed by atoms with Crippen molar-refractivity contribution in [1.29, 1.82) is 0 Å². The SMILES string of the molecule is CC(C)S(=O)(=O)CCN1CCNC(C)(C)C1. The minimum absolute atomic E-state index is 0.0971. The van der Waals surface area contributed by atoms with Gasteiger partial charge in [-0.1, -0.05) is 0 Å². The number of piperazine rings is 1. The standard InChI is InChI=1S/C11H24N2O2S/c1-10(2)16(14,15)8-7-13-6-5-12-11(3,4)9-13/h10,12H,5-9H2,1-4H3. The minimum atomic E-state index is -2.90. The van der Waals surface area contributed by atoms with Gasteiger partial charge in [-0.05, 0) is 27.7 Å². The highest BCUT2D eigenvalue weighted by atomic mass is 32.2. The summed E-state index contributed by atoms with van der Waals surface area (Å²) in [6.45, 7) is 11.2. The molecule has 0 unspecified atom stereocenters. The molecule has 1 saturated heterocycles. The van der Waals surface area contributed by atoms with E-state index in [0.29, 0.717) is 6.54 Å². The first-order chi connectivity index (χ1) is 7.23. The number of sulfone groups is 1. The molecule has 1 aliphatic heterocycles. The van der Waals surface area contributed by atoms with Gasteiger partial charge in [-0.15, -0.1) is 0 Å². The van der Waals surface area contributed by atoms with E-state index in [-0.39, 0.29) is 16.5 Å². The fourth-order valence-corrected chi connectivity index (χ4v) is 2.91. The number of hydrogen-bond donors (Lipinski definition) is 1. The highest BCUT2D eigenvalue weighted by Gasteiger charge is 2.26. The molecule has 0 aromatic carbocycles. The number of rotatable bonds is 4. The van der Waals surface area contributed by atoms with Crippen LogP contribution in [0.15, 0.2) is 0 Å². The van der Waals surface area contributed by atoms with Crippen LogP contribution < -0.4 is 5.32 Å². The molecule has 0 amide bonds. The van der Waals surface area contributed by atoms with Crippen molar-refractivity contribution in [3.63, 3.8) is 0 Å². The molecule has 0 saturated carbocycles. The van der Waals surface area contributed by atoms with Gasteiger partial charge in [0.25, 0.3) is 0 Å². The summed E-state index contributed by atoms with van der Waals surface area (Å²) in [7, 11) is -2.90. The maximum atomic E-state index is 11.7.